The Labute approximate surface area is 194 Å². The maximum Gasteiger partial charge on any atom is 0.242 e. The second-order valence-electron chi connectivity index (χ2n) is 8.10. The highest BCUT2D eigenvalue weighted by Crippen LogP contribution is 2.31. The van der Waals surface area contributed by atoms with Gasteiger partial charge in [-0.1, -0.05) is 18.2 Å². The molecule has 3 rings (SSSR count). The number of fused-ring (bicyclic) bond motifs is 4. The SMILES string of the molecule is C[C@@H]1COc2ccccc2-c2cncc(c2)S(=O)(=O)CCCC[C@H](NC(=O)CCN)C(=O)N1. The Balaban J connectivity index is 1.90. The third-order valence-electron chi connectivity index (χ3n) is 5.33. The van der Waals surface area contributed by atoms with Gasteiger partial charge in [0.1, 0.15) is 18.4 Å². The zero-order chi connectivity index (χ0) is 23.8. The number of hydrogen-bond donors (Lipinski definition) is 3. The third-order valence-corrected chi connectivity index (χ3v) is 7.09. The molecule has 178 valence electrons. The van der Waals surface area contributed by atoms with Gasteiger partial charge in [0, 0.05) is 36.5 Å². The quantitative estimate of drug-likeness (QED) is 0.611. The first-order valence-corrected chi connectivity index (χ1v) is 12.6. The molecule has 1 aromatic heterocycles. The molecule has 2 atom stereocenters. The number of rotatable bonds is 3. The van der Waals surface area contributed by atoms with Crippen LogP contribution in [0.2, 0.25) is 0 Å². The van der Waals surface area contributed by atoms with E-state index in [1.165, 1.54) is 6.20 Å². The van der Waals surface area contributed by atoms with Crippen LogP contribution in [-0.2, 0) is 19.4 Å². The lowest BCUT2D eigenvalue weighted by molar-refractivity contribution is -0.129. The van der Waals surface area contributed by atoms with Crippen LogP contribution in [0, 0.1) is 0 Å². The van der Waals surface area contributed by atoms with E-state index < -0.39 is 15.9 Å². The molecule has 2 heterocycles. The Morgan fingerprint density at radius 3 is 2.85 bits per heavy atom. The van der Waals surface area contributed by atoms with E-state index in [1.807, 2.05) is 25.1 Å². The highest BCUT2D eigenvalue weighted by molar-refractivity contribution is 7.91. The van der Waals surface area contributed by atoms with Gasteiger partial charge in [-0.05, 0) is 38.3 Å². The summed E-state index contributed by atoms with van der Waals surface area (Å²) in [5.41, 5.74) is 6.78. The number of sulfone groups is 1. The fourth-order valence-corrected chi connectivity index (χ4v) is 4.94. The summed E-state index contributed by atoms with van der Waals surface area (Å²) in [6.07, 6.45) is 4.16. The zero-order valence-corrected chi connectivity index (χ0v) is 19.4. The molecule has 2 amide bonds. The summed E-state index contributed by atoms with van der Waals surface area (Å²) >= 11 is 0. The summed E-state index contributed by atoms with van der Waals surface area (Å²) in [5, 5.41) is 5.57. The molecule has 0 unspecified atom stereocenters. The first kappa shape index (κ1) is 24.7. The van der Waals surface area contributed by atoms with Crippen molar-refractivity contribution in [2.45, 2.75) is 49.6 Å². The van der Waals surface area contributed by atoms with Crippen molar-refractivity contribution in [3.8, 4) is 16.9 Å². The van der Waals surface area contributed by atoms with E-state index in [-0.39, 0.29) is 48.1 Å². The molecule has 2 bridgehead atoms. The summed E-state index contributed by atoms with van der Waals surface area (Å²) < 4.78 is 31.7. The van der Waals surface area contributed by atoms with Crippen LogP contribution in [0.3, 0.4) is 0 Å². The highest BCUT2D eigenvalue weighted by atomic mass is 32.2. The average molecular weight is 475 g/mol. The Bertz CT molecular complexity index is 1090. The molecule has 0 spiro atoms. The van der Waals surface area contributed by atoms with Crippen molar-refractivity contribution in [2.75, 3.05) is 18.9 Å². The minimum Gasteiger partial charge on any atom is -0.491 e. The lowest BCUT2D eigenvalue weighted by Crippen LogP contribution is -2.50. The zero-order valence-electron chi connectivity index (χ0n) is 18.6. The molecule has 10 heteroatoms. The minimum atomic E-state index is -3.57. The molecule has 0 saturated carbocycles. The maximum absolute atomic E-state index is 12.9. The summed E-state index contributed by atoms with van der Waals surface area (Å²) in [7, 11) is -3.57. The van der Waals surface area contributed by atoms with E-state index in [4.69, 9.17) is 10.5 Å². The summed E-state index contributed by atoms with van der Waals surface area (Å²) in [6, 6.07) is 7.77. The topological polar surface area (TPSA) is 140 Å². The van der Waals surface area contributed by atoms with Crippen LogP contribution in [0.25, 0.3) is 11.1 Å². The molecule has 1 aliphatic rings. The van der Waals surface area contributed by atoms with Crippen molar-refractivity contribution in [2.24, 2.45) is 5.73 Å². The predicted molar refractivity (Wildman–Crippen MR) is 124 cm³/mol. The van der Waals surface area contributed by atoms with E-state index >= 15 is 0 Å². The van der Waals surface area contributed by atoms with Gasteiger partial charge in [0.05, 0.1) is 16.7 Å². The van der Waals surface area contributed by atoms with Gasteiger partial charge in [-0.3, -0.25) is 14.6 Å². The van der Waals surface area contributed by atoms with Crippen LogP contribution in [-0.4, -0.2) is 56.2 Å². The smallest absolute Gasteiger partial charge is 0.242 e. The summed E-state index contributed by atoms with van der Waals surface area (Å²) in [4.78, 5) is 29.1. The van der Waals surface area contributed by atoms with Crippen LogP contribution < -0.4 is 21.1 Å². The largest absolute Gasteiger partial charge is 0.491 e. The van der Waals surface area contributed by atoms with Crippen LogP contribution in [0.15, 0.2) is 47.6 Å². The van der Waals surface area contributed by atoms with Crippen molar-refractivity contribution < 1.29 is 22.7 Å². The summed E-state index contributed by atoms with van der Waals surface area (Å²) in [5.74, 6) is -0.193. The molecule has 0 saturated heterocycles. The Hall–Kier alpha value is -2.98. The van der Waals surface area contributed by atoms with E-state index in [0.717, 1.165) is 0 Å². The molecule has 1 aliphatic heterocycles. The van der Waals surface area contributed by atoms with E-state index in [9.17, 15) is 18.0 Å². The van der Waals surface area contributed by atoms with Crippen LogP contribution >= 0.6 is 0 Å². The predicted octanol–water partition coefficient (Wildman–Crippen LogP) is 1.42. The van der Waals surface area contributed by atoms with Gasteiger partial charge in [-0.15, -0.1) is 0 Å². The number of nitrogens with one attached hydrogen (secondary N) is 2. The number of aromatic nitrogens is 1. The molecule has 4 N–H and O–H groups in total. The number of amides is 2. The van der Waals surface area contributed by atoms with Gasteiger partial charge in [-0.2, -0.15) is 0 Å². The number of hydrogen-bond acceptors (Lipinski definition) is 7. The maximum atomic E-state index is 12.9. The average Bonchev–Trinajstić information content (AvgIpc) is 2.79. The van der Waals surface area contributed by atoms with E-state index in [2.05, 4.69) is 15.6 Å². The van der Waals surface area contributed by atoms with Crippen molar-refractivity contribution in [3.63, 3.8) is 0 Å². The van der Waals surface area contributed by atoms with Crippen LogP contribution in [0.1, 0.15) is 32.6 Å². The van der Waals surface area contributed by atoms with Gasteiger partial charge in [-0.25, -0.2) is 8.42 Å². The molecule has 33 heavy (non-hydrogen) atoms. The fourth-order valence-electron chi connectivity index (χ4n) is 3.59. The second-order valence-corrected chi connectivity index (χ2v) is 10.2. The number of carbonyl (C=O) groups excluding carboxylic acids is 2. The Kier molecular flexibility index (Phi) is 8.40. The number of ether oxygens (including phenoxy) is 1. The second kappa shape index (κ2) is 11.2. The van der Waals surface area contributed by atoms with Gasteiger partial charge in [0.2, 0.25) is 11.8 Å². The number of carbonyl (C=O) groups is 2. The lowest BCUT2D eigenvalue weighted by atomic mass is 10.1. The summed E-state index contributed by atoms with van der Waals surface area (Å²) in [6.45, 7) is 2.18. The van der Waals surface area contributed by atoms with E-state index in [0.29, 0.717) is 36.1 Å². The normalized spacial score (nSPS) is 21.2. The molecule has 9 nitrogen and oxygen atoms in total. The molecule has 1 aromatic carbocycles. The van der Waals surface area contributed by atoms with Gasteiger partial charge in [0.15, 0.2) is 9.84 Å². The molecule has 0 radical (unpaired) electrons. The van der Waals surface area contributed by atoms with Crippen molar-refractivity contribution in [3.05, 3.63) is 42.7 Å². The Morgan fingerprint density at radius 1 is 1.27 bits per heavy atom. The minimum absolute atomic E-state index is 0.0855. The van der Waals surface area contributed by atoms with Crippen molar-refractivity contribution in [1.29, 1.82) is 0 Å². The monoisotopic (exact) mass is 474 g/mol. The number of nitrogens with two attached hydrogens (primary N) is 1. The first-order chi connectivity index (χ1) is 15.8. The molecule has 2 aromatic rings. The molecular weight excluding hydrogens is 444 g/mol. The number of benzene rings is 1. The van der Waals surface area contributed by atoms with Gasteiger partial charge in [0.25, 0.3) is 0 Å². The van der Waals surface area contributed by atoms with Crippen molar-refractivity contribution in [1.82, 2.24) is 15.6 Å². The lowest BCUT2D eigenvalue weighted by Gasteiger charge is -2.22. The molecular formula is C23H30N4O5S. The highest BCUT2D eigenvalue weighted by Gasteiger charge is 2.23. The van der Waals surface area contributed by atoms with Gasteiger partial charge >= 0.3 is 0 Å². The first-order valence-electron chi connectivity index (χ1n) is 11.0. The van der Waals surface area contributed by atoms with E-state index in [1.54, 1.807) is 18.3 Å². The number of pyridine rings is 1. The fraction of sp³-hybridized carbons (Fsp3) is 0.435. The van der Waals surface area contributed by atoms with Crippen LogP contribution in [0.5, 0.6) is 5.75 Å². The van der Waals surface area contributed by atoms with Gasteiger partial charge < -0.3 is 21.1 Å². The van der Waals surface area contributed by atoms with Crippen LogP contribution in [0.4, 0.5) is 0 Å². The number of nitrogens with zero attached hydrogens (tertiary/aromatic N) is 1. The third kappa shape index (κ3) is 6.75. The molecule has 0 fully saturated rings. The van der Waals surface area contributed by atoms with Crippen molar-refractivity contribution >= 4 is 21.7 Å². The number of para-hydroxylation sites is 1. The standard InChI is InChI=1S/C23H30N4O5S/c1-16-15-32-21-8-3-2-6-19(21)17-12-18(14-25-13-17)33(30,31)11-5-4-7-20(23(29)26-16)27-22(28)9-10-24/h2-3,6,8,12-14,16,20H,4-5,7,9-11,15,24H2,1H3,(H,26,29)(H,27,28)/t16-,20+/m1/s1. The Morgan fingerprint density at radius 2 is 2.06 bits per heavy atom. The molecule has 0 aliphatic carbocycles.